The van der Waals surface area contributed by atoms with Crippen LogP contribution >= 0.6 is 0 Å². The standard InChI is InChI=1S/C10H18N2O4/c1-6-7(3-4-11-6)9(13)12-5-8(16-2)10(14)15/h6-8,11H,3-5H2,1-2H3,(H,12,13)(H,14,15). The molecule has 0 spiro atoms. The quantitative estimate of drug-likeness (QED) is 0.575. The van der Waals surface area contributed by atoms with Crippen LogP contribution in [0.3, 0.4) is 0 Å². The Morgan fingerprint density at radius 2 is 2.31 bits per heavy atom. The predicted molar refractivity (Wildman–Crippen MR) is 57.0 cm³/mol. The molecule has 0 saturated carbocycles. The van der Waals surface area contributed by atoms with Gasteiger partial charge in [-0.2, -0.15) is 0 Å². The maximum atomic E-state index is 11.7. The number of aliphatic carboxylic acids is 1. The number of carboxylic acid groups (broad SMARTS) is 1. The summed E-state index contributed by atoms with van der Waals surface area (Å²) >= 11 is 0. The second-order valence-electron chi connectivity index (χ2n) is 3.95. The van der Waals surface area contributed by atoms with Crippen molar-refractivity contribution in [3.05, 3.63) is 0 Å². The monoisotopic (exact) mass is 230 g/mol. The molecule has 1 fully saturated rings. The van der Waals surface area contributed by atoms with Gasteiger partial charge in [-0.15, -0.1) is 0 Å². The number of nitrogens with one attached hydrogen (secondary N) is 2. The summed E-state index contributed by atoms with van der Waals surface area (Å²) in [4.78, 5) is 22.3. The summed E-state index contributed by atoms with van der Waals surface area (Å²) in [6.45, 7) is 2.78. The normalized spacial score (nSPS) is 26.4. The third-order valence-corrected chi connectivity index (χ3v) is 2.88. The molecule has 1 rings (SSSR count). The molecule has 0 bridgehead atoms. The van der Waals surface area contributed by atoms with E-state index in [-0.39, 0.29) is 24.4 Å². The molecule has 0 aromatic carbocycles. The Labute approximate surface area is 94.3 Å². The Morgan fingerprint density at radius 1 is 1.62 bits per heavy atom. The molecule has 1 heterocycles. The van der Waals surface area contributed by atoms with Crippen LogP contribution in [0.15, 0.2) is 0 Å². The van der Waals surface area contributed by atoms with Gasteiger partial charge < -0.3 is 20.5 Å². The zero-order chi connectivity index (χ0) is 12.1. The Balaban J connectivity index is 2.37. The van der Waals surface area contributed by atoms with Crippen molar-refractivity contribution in [2.75, 3.05) is 20.2 Å². The molecule has 3 atom stereocenters. The topological polar surface area (TPSA) is 87.7 Å². The van der Waals surface area contributed by atoms with Crippen molar-refractivity contribution in [2.24, 2.45) is 5.92 Å². The summed E-state index contributed by atoms with van der Waals surface area (Å²) in [6.07, 6.45) is -0.189. The Hall–Kier alpha value is -1.14. The molecule has 0 radical (unpaired) electrons. The minimum absolute atomic E-state index is 0.00782. The second kappa shape index (κ2) is 5.81. The van der Waals surface area contributed by atoms with E-state index in [4.69, 9.17) is 9.84 Å². The molecule has 16 heavy (non-hydrogen) atoms. The van der Waals surface area contributed by atoms with Gasteiger partial charge in [-0.1, -0.05) is 0 Å². The second-order valence-corrected chi connectivity index (χ2v) is 3.95. The summed E-state index contributed by atoms with van der Waals surface area (Å²) in [5.41, 5.74) is 0. The molecular formula is C10H18N2O4. The van der Waals surface area contributed by atoms with E-state index >= 15 is 0 Å². The minimum Gasteiger partial charge on any atom is -0.479 e. The van der Waals surface area contributed by atoms with Gasteiger partial charge in [0.25, 0.3) is 0 Å². The van der Waals surface area contributed by atoms with Gasteiger partial charge in [0.1, 0.15) is 0 Å². The van der Waals surface area contributed by atoms with E-state index in [0.29, 0.717) is 0 Å². The van der Waals surface area contributed by atoms with E-state index < -0.39 is 12.1 Å². The van der Waals surface area contributed by atoms with Gasteiger partial charge in [-0.05, 0) is 19.9 Å². The van der Waals surface area contributed by atoms with E-state index in [1.165, 1.54) is 7.11 Å². The molecular weight excluding hydrogens is 212 g/mol. The molecule has 92 valence electrons. The lowest BCUT2D eigenvalue weighted by Gasteiger charge is -2.17. The van der Waals surface area contributed by atoms with Crippen LogP contribution in [0.5, 0.6) is 0 Å². The van der Waals surface area contributed by atoms with Crippen LogP contribution in [0.25, 0.3) is 0 Å². The van der Waals surface area contributed by atoms with Gasteiger partial charge in [-0.25, -0.2) is 4.79 Å². The van der Waals surface area contributed by atoms with Gasteiger partial charge in [0.2, 0.25) is 5.91 Å². The number of methoxy groups -OCH3 is 1. The highest BCUT2D eigenvalue weighted by Gasteiger charge is 2.30. The number of ether oxygens (including phenoxy) is 1. The summed E-state index contributed by atoms with van der Waals surface area (Å²) < 4.78 is 4.72. The SMILES string of the molecule is COC(CNC(=O)C1CCNC1C)C(=O)O. The Morgan fingerprint density at radius 3 is 2.75 bits per heavy atom. The first-order chi connectivity index (χ1) is 7.56. The molecule has 0 aromatic rings. The van der Waals surface area contributed by atoms with Crippen molar-refractivity contribution in [3.63, 3.8) is 0 Å². The van der Waals surface area contributed by atoms with Crippen molar-refractivity contribution in [1.29, 1.82) is 0 Å². The molecule has 0 aliphatic carbocycles. The number of carbonyl (C=O) groups excluding carboxylic acids is 1. The third kappa shape index (κ3) is 3.18. The lowest BCUT2D eigenvalue weighted by molar-refractivity contribution is -0.148. The third-order valence-electron chi connectivity index (χ3n) is 2.88. The van der Waals surface area contributed by atoms with Gasteiger partial charge in [-0.3, -0.25) is 4.79 Å². The number of amides is 1. The van der Waals surface area contributed by atoms with E-state index in [0.717, 1.165) is 13.0 Å². The zero-order valence-electron chi connectivity index (χ0n) is 9.53. The number of hydrogen-bond donors (Lipinski definition) is 3. The van der Waals surface area contributed by atoms with Crippen LogP contribution in [-0.2, 0) is 14.3 Å². The minimum atomic E-state index is -1.07. The average Bonchev–Trinajstić information content (AvgIpc) is 2.64. The molecule has 0 aromatic heterocycles. The number of carboxylic acids is 1. The summed E-state index contributed by atoms with van der Waals surface area (Å²) in [6, 6.07) is 0.144. The molecule has 1 saturated heterocycles. The predicted octanol–water partition coefficient (Wildman–Crippen LogP) is -0.800. The number of carbonyl (C=O) groups is 2. The number of hydrogen-bond acceptors (Lipinski definition) is 4. The molecule has 3 unspecified atom stereocenters. The van der Waals surface area contributed by atoms with E-state index in [2.05, 4.69) is 10.6 Å². The lowest BCUT2D eigenvalue weighted by Crippen LogP contribution is -2.42. The molecule has 1 aliphatic rings. The van der Waals surface area contributed by atoms with E-state index in [1.807, 2.05) is 6.92 Å². The van der Waals surface area contributed by atoms with E-state index in [9.17, 15) is 9.59 Å². The van der Waals surface area contributed by atoms with Crippen molar-refractivity contribution in [2.45, 2.75) is 25.5 Å². The van der Waals surface area contributed by atoms with Crippen molar-refractivity contribution < 1.29 is 19.4 Å². The van der Waals surface area contributed by atoms with Crippen molar-refractivity contribution in [1.82, 2.24) is 10.6 Å². The van der Waals surface area contributed by atoms with Crippen molar-refractivity contribution >= 4 is 11.9 Å². The maximum absolute atomic E-state index is 11.7. The van der Waals surface area contributed by atoms with Gasteiger partial charge in [0.05, 0.1) is 12.5 Å². The fourth-order valence-corrected chi connectivity index (χ4v) is 1.81. The smallest absolute Gasteiger partial charge is 0.334 e. The molecule has 6 nitrogen and oxygen atoms in total. The highest BCUT2D eigenvalue weighted by atomic mass is 16.5. The first-order valence-corrected chi connectivity index (χ1v) is 5.33. The van der Waals surface area contributed by atoms with Crippen LogP contribution < -0.4 is 10.6 Å². The highest BCUT2D eigenvalue weighted by molar-refractivity contribution is 5.81. The van der Waals surface area contributed by atoms with Gasteiger partial charge in [0, 0.05) is 13.2 Å². The molecule has 1 aliphatic heterocycles. The summed E-state index contributed by atoms with van der Waals surface area (Å²) in [5, 5.41) is 14.5. The highest BCUT2D eigenvalue weighted by Crippen LogP contribution is 2.14. The first-order valence-electron chi connectivity index (χ1n) is 5.33. The maximum Gasteiger partial charge on any atom is 0.334 e. The Kier molecular flexibility index (Phi) is 4.70. The van der Waals surface area contributed by atoms with Crippen LogP contribution in [0, 0.1) is 5.92 Å². The van der Waals surface area contributed by atoms with Crippen LogP contribution in [-0.4, -0.2) is 49.3 Å². The Bertz CT molecular complexity index is 270. The average molecular weight is 230 g/mol. The van der Waals surface area contributed by atoms with Crippen molar-refractivity contribution in [3.8, 4) is 0 Å². The van der Waals surface area contributed by atoms with Crippen LogP contribution in [0.4, 0.5) is 0 Å². The van der Waals surface area contributed by atoms with E-state index in [1.54, 1.807) is 0 Å². The summed E-state index contributed by atoms with van der Waals surface area (Å²) in [5.74, 6) is -1.26. The molecule has 6 heteroatoms. The largest absolute Gasteiger partial charge is 0.479 e. The molecule has 3 N–H and O–H groups in total. The van der Waals surface area contributed by atoms with Gasteiger partial charge in [0.15, 0.2) is 6.10 Å². The lowest BCUT2D eigenvalue weighted by atomic mass is 10.0. The van der Waals surface area contributed by atoms with Gasteiger partial charge >= 0.3 is 5.97 Å². The zero-order valence-corrected chi connectivity index (χ0v) is 9.53. The number of rotatable bonds is 5. The first kappa shape index (κ1) is 12.9. The fourth-order valence-electron chi connectivity index (χ4n) is 1.81. The van der Waals surface area contributed by atoms with Crippen LogP contribution in [0.1, 0.15) is 13.3 Å². The van der Waals surface area contributed by atoms with Crippen LogP contribution in [0.2, 0.25) is 0 Å². The fraction of sp³-hybridized carbons (Fsp3) is 0.800. The summed E-state index contributed by atoms with van der Waals surface area (Å²) in [7, 11) is 1.31. The molecule has 1 amide bonds.